The molecule has 0 amide bonds. The molecule has 2 N–H and O–H groups in total. The first-order valence-corrected chi connectivity index (χ1v) is 9.63. The Morgan fingerprint density at radius 3 is 2.32 bits per heavy atom. The summed E-state index contributed by atoms with van der Waals surface area (Å²) in [5.41, 5.74) is 5.52. The molecule has 1 atom stereocenters. The highest BCUT2D eigenvalue weighted by atomic mass is 28.4. The number of carbonyl (C=O) groups is 1. The van der Waals surface area contributed by atoms with E-state index in [1.165, 1.54) is 0 Å². The number of hydrogen-bond donors (Lipinski definition) is 1. The lowest BCUT2D eigenvalue weighted by Crippen LogP contribution is -2.34. The molecule has 1 aromatic carbocycles. The zero-order chi connectivity index (χ0) is 14.3. The van der Waals surface area contributed by atoms with E-state index in [-0.39, 0.29) is 17.4 Å². The lowest BCUT2D eigenvalue weighted by molar-refractivity contribution is -0.131. The molecular formula is C14H19NO3Si. The summed E-state index contributed by atoms with van der Waals surface area (Å²) in [5, 5.41) is 0. The standard InChI is InChI=1S/C14H19NO3Si/c1-14(10-8-6-5-7-9-10)12(16)11(13(15)17-14)18-19(2,3)4/h5-9H,15H2,1-4H3. The molecule has 1 unspecified atom stereocenters. The van der Waals surface area contributed by atoms with Crippen LogP contribution >= 0.6 is 0 Å². The van der Waals surface area contributed by atoms with E-state index in [1.807, 2.05) is 50.0 Å². The Morgan fingerprint density at radius 1 is 1.21 bits per heavy atom. The van der Waals surface area contributed by atoms with Gasteiger partial charge in [0.05, 0.1) is 0 Å². The Balaban J connectivity index is 2.34. The maximum atomic E-state index is 12.6. The lowest BCUT2D eigenvalue weighted by atomic mass is 9.92. The smallest absolute Gasteiger partial charge is 0.249 e. The van der Waals surface area contributed by atoms with Crippen LogP contribution in [0.2, 0.25) is 19.6 Å². The van der Waals surface area contributed by atoms with Crippen LogP contribution in [0.5, 0.6) is 0 Å². The first-order chi connectivity index (χ1) is 8.74. The van der Waals surface area contributed by atoms with Gasteiger partial charge in [0.2, 0.25) is 25.7 Å². The Morgan fingerprint density at radius 2 is 1.79 bits per heavy atom. The molecule has 0 aromatic heterocycles. The minimum Gasteiger partial charge on any atom is -0.538 e. The van der Waals surface area contributed by atoms with Crippen LogP contribution in [0.25, 0.3) is 0 Å². The van der Waals surface area contributed by atoms with Crippen LogP contribution in [0.1, 0.15) is 12.5 Å². The fourth-order valence-corrected chi connectivity index (χ4v) is 2.80. The molecule has 2 rings (SSSR count). The van der Waals surface area contributed by atoms with Gasteiger partial charge >= 0.3 is 0 Å². The van der Waals surface area contributed by atoms with Gasteiger partial charge in [-0.05, 0) is 26.6 Å². The van der Waals surface area contributed by atoms with Crippen molar-refractivity contribution in [2.45, 2.75) is 32.2 Å². The summed E-state index contributed by atoms with van der Waals surface area (Å²) >= 11 is 0. The molecule has 1 aliphatic heterocycles. The van der Waals surface area contributed by atoms with Crippen molar-refractivity contribution in [3.63, 3.8) is 0 Å². The number of nitrogens with two attached hydrogens (primary N) is 1. The van der Waals surface area contributed by atoms with E-state index >= 15 is 0 Å². The SMILES string of the molecule is CC1(c2ccccc2)OC(N)=C(O[Si](C)(C)C)C1=O. The quantitative estimate of drug-likeness (QED) is 0.862. The maximum absolute atomic E-state index is 12.6. The second-order valence-electron chi connectivity index (χ2n) is 5.74. The van der Waals surface area contributed by atoms with Crippen molar-refractivity contribution in [1.29, 1.82) is 0 Å². The third kappa shape index (κ3) is 2.51. The summed E-state index contributed by atoms with van der Waals surface area (Å²) in [5.74, 6) is 0.0444. The summed E-state index contributed by atoms with van der Waals surface area (Å²) in [6.45, 7) is 7.72. The first kappa shape index (κ1) is 13.7. The molecule has 0 radical (unpaired) electrons. The van der Waals surface area contributed by atoms with E-state index in [0.29, 0.717) is 0 Å². The second-order valence-corrected chi connectivity index (χ2v) is 10.2. The molecule has 5 heteroatoms. The molecule has 0 saturated carbocycles. The zero-order valence-electron chi connectivity index (χ0n) is 11.7. The van der Waals surface area contributed by atoms with Crippen molar-refractivity contribution in [2.24, 2.45) is 5.73 Å². The van der Waals surface area contributed by atoms with Gasteiger partial charge in [0.1, 0.15) is 0 Å². The molecule has 1 aliphatic rings. The van der Waals surface area contributed by atoms with Gasteiger partial charge < -0.3 is 14.9 Å². The van der Waals surface area contributed by atoms with Crippen LogP contribution in [0.3, 0.4) is 0 Å². The van der Waals surface area contributed by atoms with E-state index in [1.54, 1.807) is 6.92 Å². The van der Waals surface area contributed by atoms with Crippen LogP contribution in [0.4, 0.5) is 0 Å². The van der Waals surface area contributed by atoms with Crippen LogP contribution < -0.4 is 5.73 Å². The molecule has 0 spiro atoms. The number of hydrogen-bond acceptors (Lipinski definition) is 4. The Kier molecular flexibility index (Phi) is 3.18. The molecule has 0 bridgehead atoms. The minimum atomic E-state index is -1.91. The summed E-state index contributed by atoms with van der Waals surface area (Å²) in [4.78, 5) is 12.6. The van der Waals surface area contributed by atoms with Crippen LogP contribution in [0.15, 0.2) is 42.0 Å². The average molecular weight is 277 g/mol. The van der Waals surface area contributed by atoms with Gasteiger partial charge in [-0.3, -0.25) is 4.79 Å². The topological polar surface area (TPSA) is 61.6 Å². The Labute approximate surface area is 114 Å². The van der Waals surface area contributed by atoms with Crippen LogP contribution in [-0.4, -0.2) is 14.1 Å². The third-order valence-electron chi connectivity index (χ3n) is 2.91. The van der Waals surface area contributed by atoms with E-state index in [4.69, 9.17) is 14.9 Å². The lowest BCUT2D eigenvalue weighted by Gasteiger charge is -2.23. The molecule has 0 aliphatic carbocycles. The van der Waals surface area contributed by atoms with Crippen molar-refractivity contribution in [2.75, 3.05) is 0 Å². The number of rotatable bonds is 3. The van der Waals surface area contributed by atoms with Gasteiger partial charge in [-0.25, -0.2) is 0 Å². The monoisotopic (exact) mass is 277 g/mol. The molecule has 1 heterocycles. The third-order valence-corrected chi connectivity index (χ3v) is 3.73. The minimum absolute atomic E-state index is 0.0822. The Bertz CT molecular complexity index is 533. The van der Waals surface area contributed by atoms with Crippen molar-refractivity contribution < 1.29 is 14.0 Å². The van der Waals surface area contributed by atoms with E-state index in [9.17, 15) is 4.79 Å². The molecule has 1 aromatic rings. The van der Waals surface area contributed by atoms with Crippen LogP contribution in [0, 0.1) is 0 Å². The van der Waals surface area contributed by atoms with E-state index < -0.39 is 13.9 Å². The highest BCUT2D eigenvalue weighted by molar-refractivity contribution is 6.70. The number of carbonyl (C=O) groups excluding carboxylic acids is 1. The normalized spacial score (nSPS) is 23.5. The highest BCUT2D eigenvalue weighted by Crippen LogP contribution is 2.38. The number of Topliss-reactive ketones (excluding diaryl/α,β-unsaturated/α-hetero) is 1. The average Bonchev–Trinajstić information content (AvgIpc) is 2.54. The predicted molar refractivity (Wildman–Crippen MR) is 75.5 cm³/mol. The number of benzene rings is 1. The van der Waals surface area contributed by atoms with Gasteiger partial charge in [0, 0.05) is 5.56 Å². The van der Waals surface area contributed by atoms with E-state index in [0.717, 1.165) is 5.56 Å². The maximum Gasteiger partial charge on any atom is 0.249 e. The van der Waals surface area contributed by atoms with Gasteiger partial charge in [0.25, 0.3) is 0 Å². The van der Waals surface area contributed by atoms with Gasteiger partial charge in [-0.1, -0.05) is 30.3 Å². The molecule has 0 saturated heterocycles. The van der Waals surface area contributed by atoms with Crippen molar-refractivity contribution in [3.8, 4) is 0 Å². The molecule has 4 nitrogen and oxygen atoms in total. The van der Waals surface area contributed by atoms with Crippen molar-refractivity contribution in [1.82, 2.24) is 0 Å². The van der Waals surface area contributed by atoms with E-state index in [2.05, 4.69) is 0 Å². The molecule has 19 heavy (non-hydrogen) atoms. The zero-order valence-corrected chi connectivity index (χ0v) is 12.7. The van der Waals surface area contributed by atoms with Crippen molar-refractivity contribution >= 4 is 14.1 Å². The predicted octanol–water partition coefficient (Wildman–Crippen LogP) is 2.48. The largest absolute Gasteiger partial charge is 0.538 e. The highest BCUT2D eigenvalue weighted by Gasteiger charge is 2.48. The number of ether oxygens (including phenoxy) is 1. The summed E-state index contributed by atoms with van der Waals surface area (Å²) < 4.78 is 11.4. The molecular weight excluding hydrogens is 258 g/mol. The molecule has 102 valence electrons. The van der Waals surface area contributed by atoms with Gasteiger partial charge in [-0.2, -0.15) is 0 Å². The summed E-state index contributed by atoms with van der Waals surface area (Å²) in [6, 6.07) is 9.32. The van der Waals surface area contributed by atoms with Gasteiger partial charge in [0.15, 0.2) is 5.60 Å². The fourth-order valence-electron chi connectivity index (χ4n) is 1.99. The second kappa shape index (κ2) is 4.42. The van der Waals surface area contributed by atoms with Gasteiger partial charge in [-0.15, -0.1) is 0 Å². The molecule has 0 fully saturated rings. The summed E-state index contributed by atoms with van der Waals surface area (Å²) in [6.07, 6.45) is 0. The van der Waals surface area contributed by atoms with Crippen LogP contribution in [-0.2, 0) is 19.6 Å². The Hall–Kier alpha value is -1.75. The summed E-state index contributed by atoms with van der Waals surface area (Å²) in [7, 11) is -1.91. The fraction of sp³-hybridized carbons (Fsp3) is 0.357. The first-order valence-electron chi connectivity index (χ1n) is 6.22. The van der Waals surface area contributed by atoms with Crippen molar-refractivity contribution in [3.05, 3.63) is 47.5 Å². The number of ketones is 1.